The van der Waals surface area contributed by atoms with Gasteiger partial charge in [0.2, 0.25) is 21.0 Å². The van der Waals surface area contributed by atoms with Crippen LogP contribution in [0.15, 0.2) is 72.8 Å². The number of nitrogens with two attached hydrogens (primary N) is 2. The number of carbonyl (C=O) groups is 13. The van der Waals surface area contributed by atoms with Crippen molar-refractivity contribution in [3.05, 3.63) is 89.5 Å². The van der Waals surface area contributed by atoms with E-state index in [2.05, 4.69) is 63.9 Å². The standard InChI is InChI=1S/C24H36N2O6.C23H36N2O5.C19H28N2O4.C11H22N2O4.C8H18N2O2.C2H6O.CH4.Cl2OS/c1-6-31-22(29)19(8-7-15-25-17(2)27)16-21(28)14-11-18-9-12-20(13-10-18)26-23(30)32-24(3,4)5;1-6-29-21(27)18(8-7-15-24-5)16-20(26)14-11-17-9-12-19(13-10-17)25-22(28)30-23(2,3)4;1-3-25-19(24)16(5-4-12-21-14(2)22)13-18(23)11-8-15-6-9-17(20)10-7-15;1-11(2,3)17-10(16)13-8(9(14)15)6-5-7-12-4;1-3-12-8(11)7(9)5-4-6-10-2;1-2-3;;1-4(2)3/h9-10,12-13,19H,6-8,11,14-16H2,1-5H3,(H,25,27)(H,26,30);9-10,12-13,18,24H,6-8,11,14-16H2,1-5H3,(H,25,28);6-7,9-10,16H,3-5,8,11-13,20H2,1-2H3,(H,21,22);8,12H,5-7H2,1-4H3,(H,13,16)(H,14,15);7,10H,3-6,9H2,1-2H3;3H,2H2,1H3;1H4;/t19-;18-;16-;8-;7-;;;/m00011.../s1. The molecule has 0 saturated carbocycles. The van der Waals surface area contributed by atoms with E-state index in [9.17, 15) is 62.3 Å². The molecule has 0 bridgehead atoms. The molecule has 0 unspecified atom stereocenters. The minimum absolute atomic E-state index is 0. The van der Waals surface area contributed by atoms with E-state index in [-0.39, 0.29) is 98.9 Å². The number of alkyl carbamates (subject to hydrolysis) is 1. The van der Waals surface area contributed by atoms with Gasteiger partial charge < -0.3 is 86.7 Å². The van der Waals surface area contributed by atoms with Crippen molar-refractivity contribution in [1.82, 2.24) is 31.9 Å². The zero-order valence-corrected chi connectivity index (χ0v) is 78.4. The van der Waals surface area contributed by atoms with Crippen LogP contribution in [0.2, 0.25) is 0 Å². The summed E-state index contributed by atoms with van der Waals surface area (Å²) in [7, 11) is 12.9. The number of ether oxygens (including phenoxy) is 7. The van der Waals surface area contributed by atoms with Gasteiger partial charge in [-0.3, -0.25) is 53.8 Å². The number of carboxylic acid groups (broad SMARTS) is 1. The highest BCUT2D eigenvalue weighted by Crippen LogP contribution is 2.22. The maximum absolute atomic E-state index is 12.5. The zero-order chi connectivity index (χ0) is 94.5. The number of ketones is 3. The van der Waals surface area contributed by atoms with E-state index in [0.717, 1.165) is 42.6 Å². The van der Waals surface area contributed by atoms with Crippen molar-refractivity contribution in [2.24, 2.45) is 23.5 Å². The Hall–Kier alpha value is -8.90. The number of Topliss-reactive ketones (excluding diaryl/α,β-unsaturated/α-hetero) is 3. The van der Waals surface area contributed by atoms with Crippen LogP contribution >= 0.6 is 21.4 Å². The van der Waals surface area contributed by atoms with E-state index >= 15 is 0 Å². The lowest BCUT2D eigenvalue weighted by atomic mass is 9.94. The number of hydrogen-bond acceptors (Lipinski definition) is 27. The lowest BCUT2D eigenvalue weighted by Crippen LogP contribution is -2.43. The Morgan fingerprint density at radius 2 is 0.702 bits per heavy atom. The van der Waals surface area contributed by atoms with Crippen molar-refractivity contribution in [3.8, 4) is 0 Å². The molecule has 0 heterocycles. The fourth-order valence-electron chi connectivity index (χ4n) is 10.5. The molecule has 0 aliphatic rings. The summed E-state index contributed by atoms with van der Waals surface area (Å²) in [5.74, 6) is -3.85. The van der Waals surface area contributed by atoms with Crippen LogP contribution < -0.4 is 54.0 Å². The number of halogens is 2. The summed E-state index contributed by atoms with van der Waals surface area (Å²) in [6.07, 6.45) is 7.88. The number of aliphatic carboxylic acids is 1. The molecule has 0 spiro atoms. The molecule has 0 aromatic heterocycles. The average molecular weight is 1820 g/mol. The molecular weight excluding hydrogens is 1670 g/mol. The number of rotatable bonds is 47. The lowest BCUT2D eigenvalue weighted by molar-refractivity contribution is -0.150. The van der Waals surface area contributed by atoms with Crippen LogP contribution in [-0.2, 0) is 110 Å². The van der Waals surface area contributed by atoms with Crippen LogP contribution in [0.4, 0.5) is 31.4 Å². The summed E-state index contributed by atoms with van der Waals surface area (Å²) in [5, 5.41) is 38.5. The van der Waals surface area contributed by atoms with Crippen LogP contribution in [0.1, 0.15) is 238 Å². The average Bonchev–Trinajstić information content (AvgIpc) is 0.891. The number of anilines is 3. The Bertz CT molecular complexity index is 3510. The number of carbonyl (C=O) groups excluding carboxylic acids is 12. The van der Waals surface area contributed by atoms with Crippen LogP contribution in [0.25, 0.3) is 0 Å². The van der Waals surface area contributed by atoms with Crippen molar-refractivity contribution < 1.29 is 110 Å². The highest BCUT2D eigenvalue weighted by atomic mass is 36.0. The molecule has 5 amide bonds. The van der Waals surface area contributed by atoms with Gasteiger partial charge in [-0.25, -0.2) is 23.4 Å². The predicted molar refractivity (Wildman–Crippen MR) is 488 cm³/mol. The molecule has 0 radical (unpaired) electrons. The summed E-state index contributed by atoms with van der Waals surface area (Å²) < 4.78 is 44.6. The molecule has 0 saturated heterocycles. The number of esters is 4. The summed E-state index contributed by atoms with van der Waals surface area (Å²) >= 11 is 0. The second kappa shape index (κ2) is 74.4. The van der Waals surface area contributed by atoms with Crippen molar-refractivity contribution in [2.75, 3.05) is 103 Å². The summed E-state index contributed by atoms with van der Waals surface area (Å²) in [6.45, 7) is 32.4. The monoisotopic (exact) mass is 1820 g/mol. The van der Waals surface area contributed by atoms with Gasteiger partial charge in [0.05, 0.1) is 44.2 Å². The predicted octanol–water partition coefficient (Wildman–Crippen LogP) is 12.9. The number of nitrogens with one attached hydrogen (secondary N) is 8. The third-order valence-electron chi connectivity index (χ3n) is 16.2. The van der Waals surface area contributed by atoms with E-state index in [0.29, 0.717) is 146 Å². The van der Waals surface area contributed by atoms with Gasteiger partial charge in [0.15, 0.2) is 0 Å². The Balaban J connectivity index is -0.000000479. The van der Waals surface area contributed by atoms with Gasteiger partial charge in [-0.15, -0.1) is 0 Å². The van der Waals surface area contributed by atoms with Crippen molar-refractivity contribution in [2.45, 2.75) is 269 Å². The lowest BCUT2D eigenvalue weighted by Gasteiger charge is -2.21. The summed E-state index contributed by atoms with van der Waals surface area (Å²) in [4.78, 5) is 152. The zero-order valence-electron chi connectivity index (χ0n) is 76.1. The van der Waals surface area contributed by atoms with Crippen molar-refractivity contribution in [3.63, 3.8) is 0 Å². The Kier molecular flexibility index (Phi) is 74.1. The second-order valence-electron chi connectivity index (χ2n) is 30.8. The molecule has 0 aliphatic heterocycles. The number of benzene rings is 3. The number of aliphatic hydroxyl groups is 1. The number of nitrogen functional groups attached to an aromatic ring is 1. The fourth-order valence-corrected chi connectivity index (χ4v) is 10.5. The molecule has 124 heavy (non-hydrogen) atoms. The van der Waals surface area contributed by atoms with Crippen LogP contribution in [0.3, 0.4) is 0 Å². The van der Waals surface area contributed by atoms with Crippen LogP contribution in [0, 0.1) is 17.8 Å². The number of amides is 5. The van der Waals surface area contributed by atoms with Gasteiger partial charge in [-0.2, -0.15) is 0 Å². The molecule has 3 aromatic carbocycles. The Morgan fingerprint density at radius 1 is 0.435 bits per heavy atom. The van der Waals surface area contributed by atoms with Crippen molar-refractivity contribution in [1.29, 1.82) is 0 Å². The SMILES string of the molecule is C.CCO.CCOC(=O)[C@@H](CCCNC(C)=O)CC(=O)CCc1ccc(N)cc1.CCOC(=O)[C@@H](CCCNC(C)=O)CC(=O)CCc1ccc(NC(=O)OC(C)(C)C)cc1.CCOC(=O)[C@@H](CCCNC)CC(=O)CCc1ccc(NC(=O)OC(C)(C)C)cc1.CCOC(=O)[C@H](N)CCCNC.CNCCC[C@@H](NC(=O)OC(C)(C)C)C(=O)O.O=S(Cl)Cl. The minimum Gasteiger partial charge on any atom is -0.480 e. The van der Waals surface area contributed by atoms with Gasteiger partial charge in [-0.05, 0) is 274 Å². The molecule has 33 nitrogen and oxygen atoms in total. The van der Waals surface area contributed by atoms with E-state index in [1.54, 1.807) is 128 Å². The molecule has 3 rings (SSSR count). The second-order valence-corrected chi connectivity index (χ2v) is 33.4. The maximum atomic E-state index is 12.5. The Labute approximate surface area is 748 Å². The number of aliphatic hydroxyl groups excluding tert-OH is 1. The first kappa shape index (κ1) is 124. The molecule has 14 N–H and O–H groups in total. The smallest absolute Gasteiger partial charge is 0.412 e. The first-order valence-corrected chi connectivity index (χ1v) is 44.5. The van der Waals surface area contributed by atoms with Gasteiger partial charge in [0.1, 0.15) is 46.2 Å². The normalized spacial score (nSPS) is 11.8. The number of carboxylic acids is 1. The molecule has 710 valence electrons. The van der Waals surface area contributed by atoms with E-state index < -0.39 is 74.2 Å². The van der Waals surface area contributed by atoms with Gasteiger partial charge in [-0.1, -0.05) is 43.8 Å². The van der Waals surface area contributed by atoms with Crippen molar-refractivity contribution >= 4 is 125 Å². The fraction of sp³-hybridized carbons (Fsp3) is 0.648. The topological polar surface area (TPSA) is 492 Å². The highest BCUT2D eigenvalue weighted by Gasteiger charge is 2.28. The summed E-state index contributed by atoms with van der Waals surface area (Å²) in [5.41, 5.74) is 14.3. The molecule has 36 heteroatoms. The Morgan fingerprint density at radius 3 is 0.976 bits per heavy atom. The molecule has 3 aromatic rings. The molecular formula is C88H150Cl2N10O23S. The molecule has 0 fully saturated rings. The maximum Gasteiger partial charge on any atom is 0.412 e. The quantitative estimate of drug-likeness (QED) is 0.00821. The minimum atomic E-state index is -1.67. The van der Waals surface area contributed by atoms with Crippen LogP contribution in [-0.4, -0.2) is 208 Å². The highest BCUT2D eigenvalue weighted by molar-refractivity contribution is 8.26. The first-order chi connectivity index (χ1) is 57.7. The van der Waals surface area contributed by atoms with E-state index in [4.69, 9.17) is 59.0 Å². The molecule has 5 atom stereocenters. The number of aryl methyl sites for hydroxylation is 3. The summed E-state index contributed by atoms with van der Waals surface area (Å²) in [6, 6.07) is 20.6. The first-order valence-electron chi connectivity index (χ1n) is 41.7. The van der Waals surface area contributed by atoms with Gasteiger partial charge >= 0.3 is 48.1 Å². The molecule has 0 aliphatic carbocycles. The van der Waals surface area contributed by atoms with Crippen LogP contribution in [0.5, 0.6) is 0 Å². The van der Waals surface area contributed by atoms with Gasteiger partial charge in [0.25, 0.3) is 0 Å². The largest absolute Gasteiger partial charge is 0.480 e. The third-order valence-corrected chi connectivity index (χ3v) is 16.2. The van der Waals surface area contributed by atoms with Gasteiger partial charge in [0, 0.05) is 110 Å². The number of hydrogen-bond donors (Lipinski definition) is 12. The van der Waals surface area contributed by atoms with E-state index in [1.165, 1.54) is 13.8 Å². The third kappa shape index (κ3) is 76.7. The van der Waals surface area contributed by atoms with E-state index in [1.807, 2.05) is 62.6 Å².